The molecule has 0 aliphatic heterocycles. The van der Waals surface area contributed by atoms with Crippen molar-refractivity contribution >= 4 is 34.3 Å². The van der Waals surface area contributed by atoms with Crippen molar-refractivity contribution in [3.8, 4) is 0 Å². The van der Waals surface area contributed by atoms with Crippen LogP contribution >= 0.6 is 11.6 Å². The van der Waals surface area contributed by atoms with E-state index in [-0.39, 0.29) is 17.2 Å². The zero-order chi connectivity index (χ0) is 16.1. The number of halogens is 4. The van der Waals surface area contributed by atoms with E-state index in [0.29, 0.717) is 11.5 Å². The minimum atomic E-state index is -4.57. The highest BCUT2D eigenvalue weighted by atomic mass is 35.5. The summed E-state index contributed by atoms with van der Waals surface area (Å²) in [5.41, 5.74) is 5.40. The van der Waals surface area contributed by atoms with Gasteiger partial charge in [0, 0.05) is 20.1 Å². The molecule has 2 rings (SSSR count). The van der Waals surface area contributed by atoms with Crippen molar-refractivity contribution in [2.45, 2.75) is 26.1 Å². The van der Waals surface area contributed by atoms with E-state index in [0.717, 1.165) is 6.07 Å². The number of hydrogen-bond acceptors (Lipinski definition) is 3. The Morgan fingerprint density at radius 3 is 2.33 bits per heavy atom. The number of rotatable bonds is 2. The van der Waals surface area contributed by atoms with Gasteiger partial charge in [-0.2, -0.15) is 13.2 Å². The second-order valence-corrected chi connectivity index (χ2v) is 5.67. The van der Waals surface area contributed by atoms with Gasteiger partial charge in [-0.15, -0.1) is 0 Å². The van der Waals surface area contributed by atoms with Gasteiger partial charge in [-0.3, -0.25) is 0 Å². The predicted octanol–water partition coefficient (Wildman–Crippen LogP) is 3.94. The van der Waals surface area contributed by atoms with Crippen LogP contribution in [0, 0.1) is 0 Å². The first-order valence-corrected chi connectivity index (χ1v) is 6.68. The summed E-state index contributed by atoms with van der Waals surface area (Å²) in [7, 11) is 3.53. The standard InChI is InChI=1S/C13H16ClF3N4/c1-6(2)21-11-8(19-12(21)20(3)4)5-7(13(15,16)17)9(14)10(11)18/h5-6H,18H2,1-4H3. The molecule has 0 aliphatic carbocycles. The molecule has 1 aromatic heterocycles. The SMILES string of the molecule is CC(C)n1c(N(C)C)nc2cc(C(F)(F)F)c(Cl)c(N)c21. The number of nitrogens with zero attached hydrogens (tertiary/aromatic N) is 3. The van der Waals surface area contributed by atoms with Crippen LogP contribution in [0.4, 0.5) is 24.8 Å². The average molecular weight is 321 g/mol. The lowest BCUT2D eigenvalue weighted by atomic mass is 10.1. The Morgan fingerprint density at radius 1 is 1.33 bits per heavy atom. The van der Waals surface area contributed by atoms with E-state index in [1.54, 1.807) is 23.6 Å². The Hall–Kier alpha value is -1.63. The zero-order valence-corrected chi connectivity index (χ0v) is 12.8. The summed E-state index contributed by atoms with van der Waals surface area (Å²) < 4.78 is 40.8. The Morgan fingerprint density at radius 2 is 1.90 bits per heavy atom. The molecule has 2 N–H and O–H groups in total. The van der Waals surface area contributed by atoms with Crippen LogP contribution in [0.25, 0.3) is 11.0 Å². The van der Waals surface area contributed by atoms with Gasteiger partial charge < -0.3 is 15.2 Å². The number of anilines is 2. The first-order valence-electron chi connectivity index (χ1n) is 6.30. The molecule has 116 valence electrons. The Kier molecular flexibility index (Phi) is 3.73. The first kappa shape index (κ1) is 15.8. The summed E-state index contributed by atoms with van der Waals surface area (Å²) in [6, 6.07) is 0.919. The van der Waals surface area contributed by atoms with E-state index >= 15 is 0 Å². The third-order valence-electron chi connectivity index (χ3n) is 3.15. The Balaban J connectivity index is 2.91. The number of nitrogen functional groups attached to an aromatic ring is 1. The van der Waals surface area contributed by atoms with Crippen LogP contribution in [0.15, 0.2) is 6.07 Å². The number of nitrogens with two attached hydrogens (primary N) is 1. The molecule has 0 saturated carbocycles. The van der Waals surface area contributed by atoms with Gasteiger partial charge in [-0.25, -0.2) is 4.98 Å². The normalized spacial score (nSPS) is 12.4. The van der Waals surface area contributed by atoms with Crippen molar-refractivity contribution in [3.63, 3.8) is 0 Å². The van der Waals surface area contributed by atoms with Gasteiger partial charge in [0.15, 0.2) is 0 Å². The monoisotopic (exact) mass is 320 g/mol. The van der Waals surface area contributed by atoms with Gasteiger partial charge in [0.1, 0.15) is 0 Å². The molecular weight excluding hydrogens is 305 g/mol. The van der Waals surface area contributed by atoms with E-state index < -0.39 is 16.8 Å². The van der Waals surface area contributed by atoms with Gasteiger partial charge in [0.2, 0.25) is 5.95 Å². The number of hydrogen-bond donors (Lipinski definition) is 1. The number of benzene rings is 1. The van der Waals surface area contributed by atoms with Gasteiger partial charge in [0.25, 0.3) is 0 Å². The molecule has 21 heavy (non-hydrogen) atoms. The second kappa shape index (κ2) is 4.98. The maximum absolute atomic E-state index is 13.0. The van der Waals surface area contributed by atoms with E-state index in [1.807, 2.05) is 13.8 Å². The molecule has 0 bridgehead atoms. The number of aromatic nitrogens is 2. The highest BCUT2D eigenvalue weighted by molar-refractivity contribution is 6.35. The molecule has 4 nitrogen and oxygen atoms in total. The maximum Gasteiger partial charge on any atom is 0.418 e. The van der Waals surface area contributed by atoms with E-state index in [1.165, 1.54) is 0 Å². The van der Waals surface area contributed by atoms with Crippen LogP contribution in [-0.2, 0) is 6.18 Å². The molecule has 2 aromatic rings. The summed E-state index contributed by atoms with van der Waals surface area (Å²) in [6.07, 6.45) is -4.57. The van der Waals surface area contributed by atoms with Crippen LogP contribution < -0.4 is 10.6 Å². The smallest absolute Gasteiger partial charge is 0.396 e. The molecule has 0 fully saturated rings. The second-order valence-electron chi connectivity index (χ2n) is 5.29. The fraction of sp³-hybridized carbons (Fsp3) is 0.462. The number of imidazole rings is 1. The summed E-state index contributed by atoms with van der Waals surface area (Å²) in [4.78, 5) is 5.98. The highest BCUT2D eigenvalue weighted by Gasteiger charge is 2.36. The van der Waals surface area contributed by atoms with E-state index in [9.17, 15) is 13.2 Å². The van der Waals surface area contributed by atoms with Crippen LogP contribution in [0.3, 0.4) is 0 Å². The Bertz CT molecular complexity index is 689. The minimum Gasteiger partial charge on any atom is -0.396 e. The number of fused-ring (bicyclic) bond motifs is 1. The van der Waals surface area contributed by atoms with Crippen LogP contribution in [0.2, 0.25) is 5.02 Å². The maximum atomic E-state index is 13.0. The van der Waals surface area contributed by atoms with Crippen molar-refractivity contribution in [3.05, 3.63) is 16.7 Å². The fourth-order valence-corrected chi connectivity index (χ4v) is 2.52. The molecule has 8 heteroatoms. The van der Waals surface area contributed by atoms with Crippen molar-refractivity contribution in [2.24, 2.45) is 0 Å². The third kappa shape index (κ3) is 2.50. The molecule has 1 heterocycles. The Labute approximate surface area is 125 Å². The van der Waals surface area contributed by atoms with Crippen molar-refractivity contribution in [2.75, 3.05) is 24.7 Å². The quantitative estimate of drug-likeness (QED) is 0.853. The topological polar surface area (TPSA) is 47.1 Å². The molecular formula is C13H16ClF3N4. The van der Waals surface area contributed by atoms with Crippen LogP contribution in [0.5, 0.6) is 0 Å². The molecule has 0 saturated heterocycles. The molecule has 0 amide bonds. The lowest BCUT2D eigenvalue weighted by molar-refractivity contribution is -0.137. The predicted molar refractivity (Wildman–Crippen MR) is 78.9 cm³/mol. The number of alkyl halides is 3. The molecule has 0 radical (unpaired) electrons. The molecule has 0 unspecified atom stereocenters. The van der Waals surface area contributed by atoms with Crippen molar-refractivity contribution in [1.82, 2.24) is 9.55 Å². The minimum absolute atomic E-state index is 0.0255. The van der Waals surface area contributed by atoms with Crippen LogP contribution in [-0.4, -0.2) is 23.6 Å². The van der Waals surface area contributed by atoms with Gasteiger partial charge >= 0.3 is 6.18 Å². The van der Waals surface area contributed by atoms with Gasteiger partial charge in [-0.1, -0.05) is 11.6 Å². The highest BCUT2D eigenvalue weighted by Crippen LogP contribution is 2.42. The van der Waals surface area contributed by atoms with Gasteiger partial charge in [-0.05, 0) is 19.9 Å². The lowest BCUT2D eigenvalue weighted by Gasteiger charge is -2.19. The fourth-order valence-electron chi connectivity index (χ4n) is 2.27. The summed E-state index contributed by atoms with van der Waals surface area (Å²) in [6.45, 7) is 3.80. The molecule has 0 atom stereocenters. The summed E-state index contributed by atoms with van der Waals surface area (Å²) in [5, 5.41) is -0.484. The third-order valence-corrected chi connectivity index (χ3v) is 3.56. The average Bonchev–Trinajstić information content (AvgIpc) is 2.72. The molecule has 0 spiro atoms. The van der Waals surface area contributed by atoms with Crippen molar-refractivity contribution < 1.29 is 13.2 Å². The summed E-state index contributed by atoms with van der Waals surface area (Å²) >= 11 is 5.82. The van der Waals surface area contributed by atoms with Crippen LogP contribution in [0.1, 0.15) is 25.5 Å². The van der Waals surface area contributed by atoms with E-state index in [2.05, 4.69) is 4.98 Å². The lowest BCUT2D eigenvalue weighted by Crippen LogP contribution is -2.17. The molecule has 0 aliphatic rings. The van der Waals surface area contributed by atoms with Gasteiger partial charge in [0.05, 0.1) is 27.3 Å². The first-order chi connectivity index (χ1) is 9.55. The molecule has 1 aromatic carbocycles. The summed E-state index contributed by atoms with van der Waals surface area (Å²) in [5.74, 6) is 0.530. The zero-order valence-electron chi connectivity index (χ0n) is 12.1. The van der Waals surface area contributed by atoms with E-state index in [4.69, 9.17) is 17.3 Å². The van der Waals surface area contributed by atoms with Crippen molar-refractivity contribution in [1.29, 1.82) is 0 Å². The largest absolute Gasteiger partial charge is 0.418 e.